The van der Waals surface area contributed by atoms with Crippen LogP contribution in [-0.4, -0.2) is 96.7 Å². The van der Waals surface area contributed by atoms with Crippen LogP contribution in [0.4, 0.5) is 0 Å². The number of carbonyl (C=O) groups excluding carboxylic acids is 4. The summed E-state index contributed by atoms with van der Waals surface area (Å²) in [4.78, 5) is 73.0. The summed E-state index contributed by atoms with van der Waals surface area (Å²) in [5.41, 5.74) is 0. The van der Waals surface area contributed by atoms with Gasteiger partial charge in [0, 0.05) is 25.7 Å². The molecule has 0 saturated heterocycles. The number of esters is 4. The molecule has 0 aliphatic carbocycles. The van der Waals surface area contributed by atoms with Gasteiger partial charge >= 0.3 is 39.5 Å². The lowest BCUT2D eigenvalue weighted by atomic mass is 10.0. The van der Waals surface area contributed by atoms with Crippen molar-refractivity contribution in [1.29, 1.82) is 0 Å². The first kappa shape index (κ1) is 98.5. The number of carbonyl (C=O) groups is 4. The van der Waals surface area contributed by atoms with Crippen molar-refractivity contribution in [2.24, 2.45) is 5.92 Å². The minimum Gasteiger partial charge on any atom is -0.462 e. The highest BCUT2D eigenvalue weighted by Crippen LogP contribution is 2.45. The number of ether oxygens (including phenoxy) is 4. The van der Waals surface area contributed by atoms with Crippen LogP contribution in [0.3, 0.4) is 0 Å². The molecular weight excluding hydrogens is 1320 g/mol. The van der Waals surface area contributed by atoms with E-state index in [1.54, 1.807) is 0 Å². The van der Waals surface area contributed by atoms with E-state index in [0.717, 1.165) is 109 Å². The molecule has 0 rings (SSSR count). The first-order chi connectivity index (χ1) is 49.0. The van der Waals surface area contributed by atoms with Crippen LogP contribution in [-0.2, 0) is 65.4 Å². The maximum atomic E-state index is 13.1. The van der Waals surface area contributed by atoms with Crippen molar-refractivity contribution >= 4 is 39.5 Å². The van der Waals surface area contributed by atoms with Crippen LogP contribution in [0.1, 0.15) is 413 Å². The Morgan fingerprint density at radius 1 is 0.307 bits per heavy atom. The maximum absolute atomic E-state index is 13.1. The van der Waals surface area contributed by atoms with Gasteiger partial charge in [-0.3, -0.25) is 37.3 Å². The van der Waals surface area contributed by atoms with Gasteiger partial charge in [0.15, 0.2) is 12.2 Å². The van der Waals surface area contributed by atoms with Gasteiger partial charge in [-0.15, -0.1) is 0 Å². The fourth-order valence-electron chi connectivity index (χ4n) is 12.2. The maximum Gasteiger partial charge on any atom is 0.472 e. The second-order valence-corrected chi connectivity index (χ2v) is 32.2. The zero-order chi connectivity index (χ0) is 74.1. The van der Waals surface area contributed by atoms with Crippen LogP contribution < -0.4 is 0 Å². The van der Waals surface area contributed by atoms with Gasteiger partial charge in [0.25, 0.3) is 0 Å². The Kier molecular flexibility index (Phi) is 72.6. The number of hydrogen-bond acceptors (Lipinski definition) is 15. The Balaban J connectivity index is 5.28. The molecule has 0 aromatic carbocycles. The Bertz CT molecular complexity index is 2020. The molecule has 0 aromatic rings. The first-order valence-corrected chi connectivity index (χ1v) is 44.9. The van der Waals surface area contributed by atoms with Crippen LogP contribution >= 0.6 is 15.6 Å². The van der Waals surface area contributed by atoms with E-state index >= 15 is 0 Å². The third-order valence-corrected chi connectivity index (χ3v) is 20.6. The molecule has 0 radical (unpaired) electrons. The molecule has 596 valence electrons. The average Bonchev–Trinajstić information content (AvgIpc) is 0.941. The van der Waals surface area contributed by atoms with E-state index in [1.807, 2.05) is 0 Å². The van der Waals surface area contributed by atoms with Gasteiger partial charge < -0.3 is 33.8 Å². The number of aliphatic hydroxyl groups is 1. The summed E-state index contributed by atoms with van der Waals surface area (Å²) >= 11 is 0. The van der Waals surface area contributed by atoms with Gasteiger partial charge in [-0.25, -0.2) is 9.13 Å². The molecule has 17 nitrogen and oxygen atoms in total. The van der Waals surface area contributed by atoms with Gasteiger partial charge in [0.2, 0.25) is 0 Å². The van der Waals surface area contributed by atoms with Crippen molar-refractivity contribution in [2.45, 2.75) is 432 Å². The van der Waals surface area contributed by atoms with E-state index in [9.17, 15) is 43.2 Å². The van der Waals surface area contributed by atoms with Crippen molar-refractivity contribution < 1.29 is 80.2 Å². The Morgan fingerprint density at radius 3 is 0.812 bits per heavy atom. The second kappa shape index (κ2) is 74.4. The molecule has 2 unspecified atom stereocenters. The average molecular weight is 1480 g/mol. The number of allylic oxidation sites excluding steroid dienone is 4. The normalized spacial score (nSPS) is 14.0. The molecule has 101 heavy (non-hydrogen) atoms. The number of unbranched alkanes of at least 4 members (excludes halogenated alkanes) is 49. The summed E-state index contributed by atoms with van der Waals surface area (Å²) in [7, 11) is -9.93. The van der Waals surface area contributed by atoms with Gasteiger partial charge in [-0.2, -0.15) is 0 Å². The minimum absolute atomic E-state index is 0.0857. The molecule has 19 heteroatoms. The van der Waals surface area contributed by atoms with E-state index in [1.165, 1.54) is 225 Å². The Labute approximate surface area is 618 Å². The molecule has 0 heterocycles. The predicted molar refractivity (Wildman–Crippen MR) is 414 cm³/mol. The minimum atomic E-state index is -4.97. The molecule has 0 aliphatic rings. The smallest absolute Gasteiger partial charge is 0.462 e. The molecule has 0 amide bonds. The zero-order valence-corrected chi connectivity index (χ0v) is 67.3. The highest BCUT2D eigenvalue weighted by molar-refractivity contribution is 7.47. The topological polar surface area (TPSA) is 237 Å². The van der Waals surface area contributed by atoms with E-state index < -0.39 is 97.5 Å². The predicted octanol–water partition coefficient (Wildman–Crippen LogP) is 24.4. The second-order valence-electron chi connectivity index (χ2n) is 29.3. The van der Waals surface area contributed by atoms with Gasteiger partial charge in [-0.1, -0.05) is 361 Å². The molecule has 0 aromatic heterocycles. The molecule has 0 saturated carbocycles. The van der Waals surface area contributed by atoms with Crippen molar-refractivity contribution in [3.63, 3.8) is 0 Å². The molecule has 0 aliphatic heterocycles. The lowest BCUT2D eigenvalue weighted by Crippen LogP contribution is -2.30. The summed E-state index contributed by atoms with van der Waals surface area (Å²) in [5.74, 6) is -1.33. The zero-order valence-electron chi connectivity index (χ0n) is 65.5. The van der Waals surface area contributed by atoms with E-state index in [2.05, 4.69) is 58.9 Å². The third-order valence-electron chi connectivity index (χ3n) is 18.7. The number of rotatable bonds is 80. The monoisotopic (exact) mass is 1480 g/mol. The first-order valence-electron chi connectivity index (χ1n) is 42.0. The molecule has 3 N–H and O–H groups in total. The van der Waals surface area contributed by atoms with Crippen molar-refractivity contribution in [2.75, 3.05) is 39.6 Å². The highest BCUT2D eigenvalue weighted by Gasteiger charge is 2.30. The molecule has 0 bridgehead atoms. The molecule has 0 spiro atoms. The van der Waals surface area contributed by atoms with Crippen molar-refractivity contribution in [1.82, 2.24) is 0 Å². The lowest BCUT2D eigenvalue weighted by molar-refractivity contribution is -0.161. The molecule has 5 atom stereocenters. The van der Waals surface area contributed by atoms with E-state index in [-0.39, 0.29) is 25.7 Å². The summed E-state index contributed by atoms with van der Waals surface area (Å²) in [6.07, 6.45) is 68.7. The largest absolute Gasteiger partial charge is 0.472 e. The number of phosphoric acid groups is 2. The number of hydrogen-bond donors (Lipinski definition) is 3. The fourth-order valence-corrected chi connectivity index (χ4v) is 13.8. The Morgan fingerprint density at radius 2 is 0.535 bits per heavy atom. The van der Waals surface area contributed by atoms with E-state index in [0.29, 0.717) is 25.7 Å². The summed E-state index contributed by atoms with van der Waals surface area (Å²) in [6, 6.07) is 0. The quantitative estimate of drug-likeness (QED) is 0.0169. The Hall–Kier alpha value is -2.46. The summed E-state index contributed by atoms with van der Waals surface area (Å²) in [6.45, 7) is 7.30. The SMILES string of the molecule is CCCCCC/C=C\C=C/CCCCCCCC(=O)O[C@H](COC(=O)CCCCCCCCCCCCC)COP(=O)(O)OC[C@H](O)COP(=O)(O)OC[C@@H](COC(=O)CCCCCCCCCCCCCCCCCCC)OC(=O)CCCCCCCCCCCCCCCCCC(C)C. The van der Waals surface area contributed by atoms with E-state index in [4.69, 9.17) is 37.0 Å². The third kappa shape index (κ3) is 75.6. The van der Waals surface area contributed by atoms with Gasteiger partial charge in [0.1, 0.15) is 19.3 Å². The summed E-state index contributed by atoms with van der Waals surface area (Å²) < 4.78 is 68.7. The van der Waals surface area contributed by atoms with Crippen LogP contribution in [0, 0.1) is 5.92 Å². The molecule has 0 fully saturated rings. The standard InChI is InChI=1S/C82H156O17P2/c1-6-9-12-15-18-21-24-26-28-29-33-36-41-46-51-56-61-66-80(85)93-72-78(99-82(87)68-63-58-53-48-43-38-34-30-32-35-40-44-49-54-59-64-75(4)5)74-97-101(90,91)95-70-76(83)69-94-100(88,89)96-73-77(71-92-79(84)65-60-55-50-45-39-23-20-17-14-11-8-3)98-81(86)67-62-57-52-47-42-37-31-27-25-22-19-16-13-10-7-2/h22,25,27,31,75-78,83H,6-21,23-24,26,28-30,32-74H2,1-5H3,(H,88,89)(H,90,91)/b25-22-,31-27-/t76-,77+,78+/m0/s1. The lowest BCUT2D eigenvalue weighted by Gasteiger charge is -2.21. The van der Waals surface area contributed by atoms with Crippen LogP contribution in [0.25, 0.3) is 0 Å². The number of aliphatic hydroxyl groups excluding tert-OH is 1. The van der Waals surface area contributed by atoms with Crippen LogP contribution in [0.15, 0.2) is 24.3 Å². The van der Waals surface area contributed by atoms with Gasteiger partial charge in [-0.05, 0) is 57.3 Å². The van der Waals surface area contributed by atoms with Crippen LogP contribution in [0.2, 0.25) is 0 Å². The van der Waals surface area contributed by atoms with Crippen molar-refractivity contribution in [3.05, 3.63) is 24.3 Å². The van der Waals surface area contributed by atoms with Crippen LogP contribution in [0.5, 0.6) is 0 Å². The van der Waals surface area contributed by atoms with Gasteiger partial charge in [0.05, 0.1) is 26.4 Å². The van der Waals surface area contributed by atoms with Crippen molar-refractivity contribution in [3.8, 4) is 0 Å². The molecular formula is C82H156O17P2. The fraction of sp³-hybridized carbons (Fsp3) is 0.902. The highest BCUT2D eigenvalue weighted by atomic mass is 31.2. The number of phosphoric ester groups is 2. The summed E-state index contributed by atoms with van der Waals surface area (Å²) in [5, 5.41) is 10.6.